The topological polar surface area (TPSA) is 33.0 Å². The lowest BCUT2D eigenvalue weighted by molar-refractivity contribution is 0.304. The third-order valence-corrected chi connectivity index (χ3v) is 2.90. The fourth-order valence-corrected chi connectivity index (χ4v) is 1.71. The molecule has 0 aliphatic heterocycles. The van der Waals surface area contributed by atoms with Gasteiger partial charge in [-0.2, -0.15) is 5.26 Å². The molecular weight excluding hydrogens is 241 g/mol. The van der Waals surface area contributed by atoms with Crippen LogP contribution < -0.4 is 4.74 Å². The number of hydrogen-bond acceptors (Lipinski definition) is 2. The third-order valence-electron chi connectivity index (χ3n) is 2.90. The summed E-state index contributed by atoms with van der Waals surface area (Å²) < 4.78 is 18.9. The SMILES string of the molecule is CCc1ccc(COc2ccc(C#N)c(F)c2)cc1. The summed E-state index contributed by atoms with van der Waals surface area (Å²) in [5.74, 6) is -0.127. The highest BCUT2D eigenvalue weighted by molar-refractivity contribution is 5.36. The smallest absolute Gasteiger partial charge is 0.144 e. The minimum Gasteiger partial charge on any atom is -0.489 e. The first-order valence-corrected chi connectivity index (χ1v) is 6.13. The number of nitrogens with zero attached hydrogens (tertiary/aromatic N) is 1. The molecule has 0 unspecified atom stereocenters. The molecule has 2 aromatic carbocycles. The average Bonchev–Trinajstić information content (AvgIpc) is 2.46. The van der Waals surface area contributed by atoms with E-state index in [2.05, 4.69) is 19.1 Å². The van der Waals surface area contributed by atoms with E-state index in [-0.39, 0.29) is 5.56 Å². The van der Waals surface area contributed by atoms with Gasteiger partial charge in [0.15, 0.2) is 0 Å². The summed E-state index contributed by atoms with van der Waals surface area (Å²) in [5, 5.41) is 8.64. The molecule has 0 atom stereocenters. The molecule has 96 valence electrons. The highest BCUT2D eigenvalue weighted by Gasteiger charge is 2.03. The van der Waals surface area contributed by atoms with E-state index in [1.807, 2.05) is 12.1 Å². The molecule has 0 aliphatic carbocycles. The minimum atomic E-state index is -0.554. The molecule has 0 amide bonds. The van der Waals surface area contributed by atoms with E-state index in [4.69, 9.17) is 10.00 Å². The molecule has 3 heteroatoms. The van der Waals surface area contributed by atoms with Gasteiger partial charge in [0, 0.05) is 6.07 Å². The van der Waals surface area contributed by atoms with Gasteiger partial charge in [-0.25, -0.2) is 4.39 Å². The predicted molar refractivity (Wildman–Crippen MR) is 71.3 cm³/mol. The molecule has 0 saturated carbocycles. The summed E-state index contributed by atoms with van der Waals surface area (Å²) in [6.07, 6.45) is 1.00. The van der Waals surface area contributed by atoms with Crippen molar-refractivity contribution in [2.24, 2.45) is 0 Å². The monoisotopic (exact) mass is 255 g/mol. The van der Waals surface area contributed by atoms with Crippen LogP contribution in [0.1, 0.15) is 23.6 Å². The molecule has 2 nitrogen and oxygen atoms in total. The highest BCUT2D eigenvalue weighted by atomic mass is 19.1. The van der Waals surface area contributed by atoms with E-state index < -0.39 is 5.82 Å². The van der Waals surface area contributed by atoms with Crippen molar-refractivity contribution >= 4 is 0 Å². The van der Waals surface area contributed by atoms with Crippen molar-refractivity contribution in [3.63, 3.8) is 0 Å². The molecule has 0 N–H and O–H groups in total. The Morgan fingerprint density at radius 1 is 1.11 bits per heavy atom. The van der Waals surface area contributed by atoms with Crippen molar-refractivity contribution < 1.29 is 9.13 Å². The quantitative estimate of drug-likeness (QED) is 0.831. The van der Waals surface area contributed by atoms with Gasteiger partial charge in [-0.3, -0.25) is 0 Å². The first kappa shape index (κ1) is 13.1. The van der Waals surface area contributed by atoms with E-state index in [0.717, 1.165) is 12.0 Å². The Morgan fingerprint density at radius 3 is 2.37 bits per heavy atom. The summed E-state index contributed by atoms with van der Waals surface area (Å²) in [7, 11) is 0. The second-order valence-electron chi connectivity index (χ2n) is 4.21. The molecule has 2 aromatic rings. The molecular formula is C16H14FNO. The lowest BCUT2D eigenvalue weighted by atomic mass is 10.1. The van der Waals surface area contributed by atoms with E-state index in [1.54, 1.807) is 12.1 Å². The zero-order chi connectivity index (χ0) is 13.7. The fourth-order valence-electron chi connectivity index (χ4n) is 1.71. The molecule has 0 heterocycles. The van der Waals surface area contributed by atoms with Gasteiger partial charge in [0.1, 0.15) is 24.2 Å². The lowest BCUT2D eigenvalue weighted by Crippen LogP contribution is -1.96. The van der Waals surface area contributed by atoms with Crippen molar-refractivity contribution in [2.75, 3.05) is 0 Å². The number of ether oxygens (including phenoxy) is 1. The van der Waals surface area contributed by atoms with Gasteiger partial charge in [0.25, 0.3) is 0 Å². The molecule has 0 radical (unpaired) electrons. The number of nitriles is 1. The number of hydrogen-bond donors (Lipinski definition) is 0. The van der Waals surface area contributed by atoms with Crippen LogP contribution in [0.4, 0.5) is 4.39 Å². The van der Waals surface area contributed by atoms with Gasteiger partial charge in [-0.15, -0.1) is 0 Å². The molecule has 19 heavy (non-hydrogen) atoms. The fraction of sp³-hybridized carbons (Fsp3) is 0.188. The van der Waals surface area contributed by atoms with Crippen LogP contribution in [0.2, 0.25) is 0 Å². The van der Waals surface area contributed by atoms with E-state index >= 15 is 0 Å². The second kappa shape index (κ2) is 6.01. The first-order chi connectivity index (χ1) is 9.22. The van der Waals surface area contributed by atoms with Crippen molar-refractivity contribution in [2.45, 2.75) is 20.0 Å². The lowest BCUT2D eigenvalue weighted by Gasteiger charge is -2.07. The van der Waals surface area contributed by atoms with Crippen molar-refractivity contribution in [3.8, 4) is 11.8 Å². The molecule has 0 fully saturated rings. The summed E-state index contributed by atoms with van der Waals surface area (Å²) in [6.45, 7) is 2.49. The van der Waals surface area contributed by atoms with Crippen molar-refractivity contribution in [3.05, 3.63) is 65.0 Å². The van der Waals surface area contributed by atoms with Gasteiger partial charge < -0.3 is 4.74 Å². The van der Waals surface area contributed by atoms with Crippen molar-refractivity contribution in [1.82, 2.24) is 0 Å². The van der Waals surface area contributed by atoms with Gasteiger partial charge in [-0.1, -0.05) is 31.2 Å². The maximum Gasteiger partial charge on any atom is 0.144 e. The Labute approximate surface area is 112 Å². The summed E-state index contributed by atoms with van der Waals surface area (Å²) in [4.78, 5) is 0. The zero-order valence-corrected chi connectivity index (χ0v) is 10.7. The predicted octanol–water partition coefficient (Wildman–Crippen LogP) is 3.84. The summed E-state index contributed by atoms with van der Waals surface area (Å²) in [5.41, 5.74) is 2.33. The van der Waals surface area contributed by atoms with Crippen LogP contribution in [0.25, 0.3) is 0 Å². The van der Waals surface area contributed by atoms with Crippen molar-refractivity contribution in [1.29, 1.82) is 5.26 Å². The van der Waals surface area contributed by atoms with E-state index in [0.29, 0.717) is 12.4 Å². The average molecular weight is 255 g/mol. The van der Waals surface area contributed by atoms with Crippen LogP contribution in [-0.2, 0) is 13.0 Å². The standard InChI is InChI=1S/C16H14FNO/c1-2-12-3-5-13(6-4-12)11-19-15-8-7-14(10-18)16(17)9-15/h3-9H,2,11H2,1H3. The Kier molecular flexibility index (Phi) is 4.15. The molecule has 0 bridgehead atoms. The maximum absolute atomic E-state index is 13.4. The summed E-state index contributed by atoms with van der Waals surface area (Å²) in [6, 6.07) is 14.1. The number of rotatable bonds is 4. The molecule has 0 saturated heterocycles. The first-order valence-electron chi connectivity index (χ1n) is 6.13. The Hall–Kier alpha value is -2.34. The summed E-state index contributed by atoms with van der Waals surface area (Å²) >= 11 is 0. The molecule has 0 spiro atoms. The normalized spacial score (nSPS) is 9.95. The number of halogens is 1. The third kappa shape index (κ3) is 3.32. The van der Waals surface area contributed by atoms with Crippen LogP contribution in [0, 0.1) is 17.1 Å². The Bertz CT molecular complexity index is 599. The maximum atomic E-state index is 13.4. The van der Waals surface area contributed by atoms with E-state index in [9.17, 15) is 4.39 Å². The zero-order valence-electron chi connectivity index (χ0n) is 10.7. The van der Waals surface area contributed by atoms with Gasteiger partial charge in [-0.05, 0) is 29.7 Å². The van der Waals surface area contributed by atoms with Crippen LogP contribution in [-0.4, -0.2) is 0 Å². The Morgan fingerprint density at radius 2 is 1.79 bits per heavy atom. The van der Waals surface area contributed by atoms with Gasteiger partial charge >= 0.3 is 0 Å². The number of benzene rings is 2. The van der Waals surface area contributed by atoms with Gasteiger partial charge in [0.2, 0.25) is 0 Å². The van der Waals surface area contributed by atoms with Crippen LogP contribution in [0.5, 0.6) is 5.75 Å². The molecule has 2 rings (SSSR count). The van der Waals surface area contributed by atoms with Crippen LogP contribution >= 0.6 is 0 Å². The largest absolute Gasteiger partial charge is 0.489 e. The highest BCUT2D eigenvalue weighted by Crippen LogP contribution is 2.17. The minimum absolute atomic E-state index is 0.0275. The second-order valence-corrected chi connectivity index (χ2v) is 4.21. The molecule has 0 aromatic heterocycles. The Balaban J connectivity index is 2.02. The van der Waals surface area contributed by atoms with Crippen LogP contribution in [0.15, 0.2) is 42.5 Å². The van der Waals surface area contributed by atoms with Gasteiger partial charge in [0.05, 0.1) is 5.56 Å². The van der Waals surface area contributed by atoms with E-state index in [1.165, 1.54) is 17.7 Å². The molecule has 0 aliphatic rings. The van der Waals surface area contributed by atoms with Crippen LogP contribution in [0.3, 0.4) is 0 Å². The number of aryl methyl sites for hydroxylation is 1.